The third-order valence-corrected chi connectivity index (χ3v) is 2.82. The lowest BCUT2D eigenvalue weighted by Gasteiger charge is -2.20. The van der Waals surface area contributed by atoms with Crippen LogP contribution < -0.4 is 0 Å². The molecule has 1 aliphatic rings. The molecule has 1 N–H and O–H groups in total. The number of fused-ring (bicyclic) bond motifs is 1. The minimum Gasteiger partial charge on any atom is -0.396 e. The average molecular weight is 195 g/mol. The van der Waals surface area contributed by atoms with Gasteiger partial charge in [0, 0.05) is 26.0 Å². The minimum absolute atomic E-state index is 0.234. The molecule has 78 valence electrons. The first-order valence-corrected chi connectivity index (χ1v) is 5.33. The van der Waals surface area contributed by atoms with Crippen molar-refractivity contribution in [1.82, 2.24) is 14.8 Å². The summed E-state index contributed by atoms with van der Waals surface area (Å²) in [5.74, 6) is 2.89. The summed E-state index contributed by atoms with van der Waals surface area (Å²) in [5, 5.41) is 17.1. The number of hydrogen-bond acceptors (Lipinski definition) is 3. The highest BCUT2D eigenvalue weighted by atomic mass is 16.2. The molecule has 1 unspecified atom stereocenters. The van der Waals surface area contributed by atoms with Gasteiger partial charge in [-0.25, -0.2) is 0 Å². The number of rotatable bonds is 3. The van der Waals surface area contributed by atoms with Crippen molar-refractivity contribution in [2.45, 2.75) is 39.2 Å². The lowest BCUT2D eigenvalue weighted by Crippen LogP contribution is -2.20. The zero-order valence-electron chi connectivity index (χ0n) is 8.61. The van der Waals surface area contributed by atoms with Gasteiger partial charge >= 0.3 is 0 Å². The highest BCUT2D eigenvalue weighted by Gasteiger charge is 2.19. The van der Waals surface area contributed by atoms with Crippen molar-refractivity contribution >= 4 is 0 Å². The Hall–Kier alpha value is -0.900. The van der Waals surface area contributed by atoms with E-state index in [-0.39, 0.29) is 6.61 Å². The van der Waals surface area contributed by atoms with Gasteiger partial charge in [0.2, 0.25) is 0 Å². The van der Waals surface area contributed by atoms with Crippen molar-refractivity contribution in [3.8, 4) is 0 Å². The van der Waals surface area contributed by atoms with Gasteiger partial charge in [-0.15, -0.1) is 10.2 Å². The standard InChI is InChI=1S/C10H17N3O/c1-8-4-5-10-12-11-9(3-2-6-14)13(10)7-8/h8,14H,2-7H2,1H3. The number of aliphatic hydroxyl groups is 1. The van der Waals surface area contributed by atoms with Crippen molar-refractivity contribution in [1.29, 1.82) is 0 Å². The Morgan fingerprint density at radius 1 is 1.50 bits per heavy atom. The highest BCUT2D eigenvalue weighted by molar-refractivity contribution is 4.99. The van der Waals surface area contributed by atoms with Crippen LogP contribution in [-0.4, -0.2) is 26.5 Å². The number of nitrogens with zero attached hydrogens (tertiary/aromatic N) is 3. The Morgan fingerprint density at radius 3 is 3.14 bits per heavy atom. The van der Waals surface area contributed by atoms with Gasteiger partial charge < -0.3 is 9.67 Å². The zero-order valence-corrected chi connectivity index (χ0v) is 8.61. The molecule has 0 saturated carbocycles. The topological polar surface area (TPSA) is 50.9 Å². The van der Waals surface area contributed by atoms with Gasteiger partial charge in [0.1, 0.15) is 11.6 Å². The molecular weight excluding hydrogens is 178 g/mol. The van der Waals surface area contributed by atoms with Gasteiger partial charge in [-0.3, -0.25) is 0 Å². The Labute approximate surface area is 84.0 Å². The molecule has 4 heteroatoms. The molecule has 1 atom stereocenters. The van der Waals surface area contributed by atoms with Gasteiger partial charge in [0.25, 0.3) is 0 Å². The van der Waals surface area contributed by atoms with Crippen LogP contribution >= 0.6 is 0 Å². The first-order valence-electron chi connectivity index (χ1n) is 5.33. The lowest BCUT2D eigenvalue weighted by molar-refractivity contribution is 0.285. The fourth-order valence-corrected chi connectivity index (χ4v) is 1.97. The van der Waals surface area contributed by atoms with E-state index in [1.807, 2.05) is 0 Å². The SMILES string of the molecule is CC1CCc2nnc(CCCO)n2C1. The van der Waals surface area contributed by atoms with Crippen LogP contribution in [-0.2, 0) is 19.4 Å². The van der Waals surface area contributed by atoms with E-state index >= 15 is 0 Å². The van der Waals surface area contributed by atoms with Crippen molar-refractivity contribution < 1.29 is 5.11 Å². The molecule has 2 rings (SSSR count). The maximum absolute atomic E-state index is 8.76. The summed E-state index contributed by atoms with van der Waals surface area (Å²) in [6.45, 7) is 3.54. The van der Waals surface area contributed by atoms with Crippen LogP contribution in [0.5, 0.6) is 0 Å². The fraction of sp³-hybridized carbons (Fsp3) is 0.800. The van der Waals surface area contributed by atoms with E-state index in [0.29, 0.717) is 0 Å². The Kier molecular flexibility index (Phi) is 2.82. The van der Waals surface area contributed by atoms with Crippen molar-refractivity contribution in [3.63, 3.8) is 0 Å². The third kappa shape index (κ3) is 1.80. The van der Waals surface area contributed by atoms with E-state index in [9.17, 15) is 0 Å². The summed E-state index contributed by atoms with van der Waals surface area (Å²) in [6, 6.07) is 0. The first kappa shape index (κ1) is 9.65. The molecule has 1 aromatic rings. The molecular formula is C10H17N3O. The summed E-state index contributed by atoms with van der Waals surface area (Å²) in [6.07, 6.45) is 3.90. The quantitative estimate of drug-likeness (QED) is 0.775. The molecule has 1 aromatic heterocycles. The number of hydrogen-bond donors (Lipinski definition) is 1. The van der Waals surface area contributed by atoms with E-state index in [2.05, 4.69) is 21.7 Å². The Morgan fingerprint density at radius 2 is 2.36 bits per heavy atom. The molecule has 4 nitrogen and oxygen atoms in total. The zero-order chi connectivity index (χ0) is 9.97. The van der Waals surface area contributed by atoms with Crippen molar-refractivity contribution in [2.75, 3.05) is 6.61 Å². The van der Waals surface area contributed by atoms with Crippen LogP contribution in [0.2, 0.25) is 0 Å². The van der Waals surface area contributed by atoms with Crippen LogP contribution in [0.1, 0.15) is 31.4 Å². The highest BCUT2D eigenvalue weighted by Crippen LogP contribution is 2.19. The molecule has 0 amide bonds. The predicted octanol–water partition coefficient (Wildman–Crippen LogP) is 0.785. The first-order chi connectivity index (χ1) is 6.81. The third-order valence-electron chi connectivity index (χ3n) is 2.82. The van der Waals surface area contributed by atoms with Crippen LogP contribution in [0.4, 0.5) is 0 Å². The summed E-state index contributed by atoms with van der Waals surface area (Å²) < 4.78 is 2.23. The van der Waals surface area contributed by atoms with Crippen molar-refractivity contribution in [3.05, 3.63) is 11.6 Å². The van der Waals surface area contributed by atoms with E-state index < -0.39 is 0 Å². The van der Waals surface area contributed by atoms with Crippen LogP contribution in [0, 0.1) is 5.92 Å². The fourth-order valence-electron chi connectivity index (χ4n) is 1.97. The largest absolute Gasteiger partial charge is 0.396 e. The Bertz CT molecular complexity index is 308. The number of aryl methyl sites for hydroxylation is 2. The summed E-state index contributed by atoms with van der Waals surface area (Å²) in [7, 11) is 0. The second-order valence-corrected chi connectivity index (χ2v) is 4.11. The maximum Gasteiger partial charge on any atom is 0.133 e. The van der Waals surface area contributed by atoms with Gasteiger partial charge in [0.05, 0.1) is 0 Å². The van der Waals surface area contributed by atoms with E-state index in [4.69, 9.17) is 5.11 Å². The molecule has 0 aromatic carbocycles. The molecule has 1 aliphatic heterocycles. The van der Waals surface area contributed by atoms with Crippen LogP contribution in [0.25, 0.3) is 0 Å². The smallest absolute Gasteiger partial charge is 0.133 e. The van der Waals surface area contributed by atoms with Gasteiger partial charge in [0.15, 0.2) is 0 Å². The van der Waals surface area contributed by atoms with E-state index in [1.54, 1.807) is 0 Å². The molecule has 0 fully saturated rings. The number of aliphatic hydroxyl groups excluding tert-OH is 1. The molecule has 0 spiro atoms. The van der Waals surface area contributed by atoms with Crippen LogP contribution in [0.3, 0.4) is 0 Å². The summed E-state index contributed by atoms with van der Waals surface area (Å²) in [5.41, 5.74) is 0. The molecule has 2 heterocycles. The predicted molar refractivity (Wildman–Crippen MR) is 52.9 cm³/mol. The van der Waals surface area contributed by atoms with Crippen LogP contribution in [0.15, 0.2) is 0 Å². The monoisotopic (exact) mass is 195 g/mol. The average Bonchev–Trinajstić information content (AvgIpc) is 2.57. The van der Waals surface area contributed by atoms with Gasteiger partial charge in [-0.1, -0.05) is 6.92 Å². The second-order valence-electron chi connectivity index (χ2n) is 4.11. The molecule has 14 heavy (non-hydrogen) atoms. The molecule has 0 saturated heterocycles. The van der Waals surface area contributed by atoms with E-state index in [0.717, 1.165) is 43.4 Å². The van der Waals surface area contributed by atoms with Crippen molar-refractivity contribution in [2.24, 2.45) is 5.92 Å². The summed E-state index contributed by atoms with van der Waals surface area (Å²) in [4.78, 5) is 0. The van der Waals surface area contributed by atoms with E-state index in [1.165, 1.54) is 6.42 Å². The van der Waals surface area contributed by atoms with Gasteiger partial charge in [-0.2, -0.15) is 0 Å². The minimum atomic E-state index is 0.234. The number of aromatic nitrogens is 3. The molecule has 0 bridgehead atoms. The Balaban J connectivity index is 2.13. The van der Waals surface area contributed by atoms with Gasteiger partial charge in [-0.05, 0) is 18.8 Å². The normalized spacial score (nSPS) is 20.9. The lowest BCUT2D eigenvalue weighted by atomic mass is 10.0. The maximum atomic E-state index is 8.76. The molecule has 0 aliphatic carbocycles. The molecule has 0 radical (unpaired) electrons. The summed E-state index contributed by atoms with van der Waals surface area (Å²) >= 11 is 0. The second kappa shape index (κ2) is 4.09.